The van der Waals surface area contributed by atoms with Gasteiger partial charge in [0.25, 0.3) is 5.56 Å². The number of thiol groups is 2. The van der Waals surface area contributed by atoms with Gasteiger partial charge in [-0.1, -0.05) is 24.5 Å². The molecule has 3 aliphatic rings. The highest BCUT2D eigenvalue weighted by atomic mass is 32.7. The van der Waals surface area contributed by atoms with Gasteiger partial charge in [-0.3, -0.25) is 23.4 Å². The monoisotopic (exact) mass is 689 g/mol. The van der Waals surface area contributed by atoms with Gasteiger partial charge in [-0.05, 0) is 6.07 Å². The number of rotatable bonds is 2. The molecular formula is C21H25N9O10P2S2. The maximum atomic E-state index is 13.4. The molecule has 0 amide bonds. The van der Waals surface area contributed by atoms with Crippen LogP contribution in [0.15, 0.2) is 29.7 Å². The lowest BCUT2D eigenvalue weighted by molar-refractivity contribution is -0.0551. The van der Waals surface area contributed by atoms with Crippen LogP contribution in [0.3, 0.4) is 0 Å². The van der Waals surface area contributed by atoms with Gasteiger partial charge in [-0.25, -0.2) is 19.5 Å². The standard InChI is InChI=1S/C21H25N9O10P2S2/c22-15-10-17(25-5-24-15)30(6-26-10)19-12(32)13-9(38-19)3-35-41(43)39-14-11(31)8(4-36-42(34,44)40-13)37-20(14)29-2-1-7-16(29)27-21(23)28-18(7)33/h1-2,5-6,8-9,11-14,19-20,31-32,43H,3-4H2,(H,34,44)(H2,22,24,25)(H3,23,27,28,33). The van der Waals surface area contributed by atoms with Crippen LogP contribution >= 0.6 is 38.9 Å². The van der Waals surface area contributed by atoms with Crippen molar-refractivity contribution in [1.82, 2.24) is 34.1 Å². The van der Waals surface area contributed by atoms with Crippen LogP contribution in [-0.4, -0.2) is 94.1 Å². The van der Waals surface area contributed by atoms with Crippen LogP contribution in [0.5, 0.6) is 0 Å². The number of anilines is 2. The number of nitrogens with one attached hydrogen (secondary N) is 1. The number of aromatic amines is 1. The Hall–Kier alpha value is -2.39. The molecule has 7 rings (SSSR count). The van der Waals surface area contributed by atoms with E-state index in [-0.39, 0.29) is 35.1 Å². The molecular weight excluding hydrogens is 664 g/mol. The van der Waals surface area contributed by atoms with Crippen molar-refractivity contribution in [3.8, 4) is 0 Å². The lowest BCUT2D eigenvalue weighted by atomic mass is 10.1. The summed E-state index contributed by atoms with van der Waals surface area (Å²) in [4.78, 5) is 31.3. The van der Waals surface area contributed by atoms with E-state index in [0.717, 1.165) is 0 Å². The summed E-state index contributed by atoms with van der Waals surface area (Å²) in [6, 6.07) is 1.51. The number of aliphatic hydroxyl groups excluding tert-OH is 2. The summed E-state index contributed by atoms with van der Waals surface area (Å²) in [6.45, 7) is -4.94. The van der Waals surface area contributed by atoms with Crippen LogP contribution in [0.2, 0.25) is 0 Å². The van der Waals surface area contributed by atoms with Crippen molar-refractivity contribution in [3.05, 3.63) is 35.3 Å². The maximum Gasteiger partial charge on any atom is 0.386 e. The molecule has 10 unspecified atom stereocenters. The number of H-pyrrole nitrogens is 1. The number of hydrogen-bond donors (Lipinski definition) is 7. The van der Waals surface area contributed by atoms with E-state index in [9.17, 15) is 19.6 Å². The van der Waals surface area contributed by atoms with Gasteiger partial charge < -0.3 is 44.8 Å². The highest BCUT2D eigenvalue weighted by molar-refractivity contribution is 8.44. The minimum absolute atomic E-state index is 0.125. The highest BCUT2D eigenvalue weighted by Crippen LogP contribution is 2.58. The van der Waals surface area contributed by atoms with Crippen molar-refractivity contribution in [1.29, 1.82) is 0 Å². The Balaban J connectivity index is 1.18. The second-order valence-electron chi connectivity index (χ2n) is 10.0. The van der Waals surface area contributed by atoms with Crippen molar-refractivity contribution in [2.45, 2.75) is 49.1 Å². The first-order valence-electron chi connectivity index (χ1n) is 12.9. The third-order valence-corrected chi connectivity index (χ3v) is 10.4. The zero-order valence-electron chi connectivity index (χ0n) is 22.1. The molecule has 7 N–H and O–H groups in total. The fourth-order valence-electron chi connectivity index (χ4n) is 5.35. The Bertz CT molecular complexity index is 1830. The molecule has 4 aromatic rings. The molecule has 0 aromatic carbocycles. The summed E-state index contributed by atoms with van der Waals surface area (Å²) >= 11 is 8.54. The molecule has 0 saturated carbocycles. The molecule has 19 nitrogen and oxygen atoms in total. The summed E-state index contributed by atoms with van der Waals surface area (Å²) < 4.78 is 51.5. The summed E-state index contributed by atoms with van der Waals surface area (Å²) in [7, 11) is -2.02. The Kier molecular flexibility index (Phi) is 7.88. The second-order valence-corrected chi connectivity index (χ2v) is 14.8. The van der Waals surface area contributed by atoms with Gasteiger partial charge in [-0.15, -0.1) is 0 Å². The van der Waals surface area contributed by atoms with Crippen molar-refractivity contribution in [2.24, 2.45) is 0 Å². The Morgan fingerprint density at radius 1 is 1.05 bits per heavy atom. The predicted octanol–water partition coefficient (Wildman–Crippen LogP) is 0.257. The minimum atomic E-state index is -4.22. The summed E-state index contributed by atoms with van der Waals surface area (Å²) in [5, 5.41) is 22.7. The van der Waals surface area contributed by atoms with Crippen molar-refractivity contribution < 1.29 is 42.3 Å². The van der Waals surface area contributed by atoms with Crippen molar-refractivity contribution >= 4 is 72.8 Å². The molecule has 23 heteroatoms. The van der Waals surface area contributed by atoms with Crippen molar-refractivity contribution in [2.75, 3.05) is 24.7 Å². The zero-order chi connectivity index (χ0) is 30.9. The van der Waals surface area contributed by atoms with E-state index in [2.05, 4.69) is 49.4 Å². The first-order chi connectivity index (χ1) is 21.0. The van der Waals surface area contributed by atoms with E-state index in [1.807, 2.05) is 0 Å². The molecule has 3 aliphatic heterocycles. The first-order valence-corrected chi connectivity index (χ1v) is 17.9. The third kappa shape index (κ3) is 5.29. The molecule has 236 valence electrons. The molecule has 3 saturated heterocycles. The predicted molar refractivity (Wildman–Crippen MR) is 158 cm³/mol. The number of nitrogen functional groups attached to an aromatic ring is 2. The van der Waals surface area contributed by atoms with Crippen LogP contribution in [0.25, 0.3) is 22.2 Å². The number of imidazole rings is 1. The first kappa shape index (κ1) is 30.3. The SMILES string of the molecule is Nc1nc2c(ccn2C2OC3COP(=O)(S)OC4C(COP(S)OC2C3O)OC(n2cnc3c(N)ncnc32)C4O)c(=O)[nH]1. The quantitative estimate of drug-likeness (QED) is 0.110. The number of nitrogens with zero attached hydrogens (tertiary/aromatic N) is 6. The molecule has 0 aliphatic carbocycles. The van der Waals surface area contributed by atoms with Crippen LogP contribution in [0.4, 0.5) is 11.8 Å². The highest BCUT2D eigenvalue weighted by Gasteiger charge is 2.52. The van der Waals surface area contributed by atoms with E-state index in [1.165, 1.54) is 34.1 Å². The van der Waals surface area contributed by atoms with Crippen molar-refractivity contribution in [3.63, 3.8) is 0 Å². The van der Waals surface area contributed by atoms with E-state index < -0.39 is 75.6 Å². The van der Waals surface area contributed by atoms with E-state index >= 15 is 0 Å². The van der Waals surface area contributed by atoms with E-state index in [0.29, 0.717) is 5.52 Å². The number of fused-ring (bicyclic) bond motifs is 5. The molecule has 0 radical (unpaired) electrons. The lowest BCUT2D eigenvalue weighted by Gasteiger charge is -2.26. The summed E-state index contributed by atoms with van der Waals surface area (Å²) in [5.74, 6) is 0.00504. The van der Waals surface area contributed by atoms with Gasteiger partial charge in [0.15, 0.2) is 29.6 Å². The Morgan fingerprint density at radius 2 is 1.84 bits per heavy atom. The Labute approximate surface area is 257 Å². The fraction of sp³-hybridized carbons (Fsp3) is 0.476. The third-order valence-electron chi connectivity index (χ3n) is 7.38. The topological polar surface area (TPSA) is 259 Å². The number of hydrogen-bond acceptors (Lipinski definition) is 17. The minimum Gasteiger partial charge on any atom is -0.387 e. The average Bonchev–Trinajstić information content (AvgIpc) is 3.72. The largest absolute Gasteiger partial charge is 0.387 e. The molecule has 7 heterocycles. The number of nitrogens with two attached hydrogens (primary N) is 2. The number of aromatic nitrogens is 7. The van der Waals surface area contributed by atoms with Gasteiger partial charge in [0.05, 0.1) is 24.9 Å². The zero-order valence-corrected chi connectivity index (χ0v) is 25.7. The van der Waals surface area contributed by atoms with Gasteiger partial charge in [0, 0.05) is 6.20 Å². The van der Waals surface area contributed by atoms with Gasteiger partial charge >= 0.3 is 6.80 Å². The van der Waals surface area contributed by atoms with Crippen LogP contribution in [0, 0.1) is 0 Å². The maximum absolute atomic E-state index is 13.4. The number of ether oxygens (including phenoxy) is 2. The number of aliphatic hydroxyl groups is 2. The average molecular weight is 690 g/mol. The van der Waals surface area contributed by atoms with Crippen LogP contribution in [0.1, 0.15) is 12.5 Å². The second kappa shape index (κ2) is 11.4. The molecule has 0 spiro atoms. The van der Waals surface area contributed by atoms with Crippen LogP contribution in [-0.2, 0) is 32.1 Å². The normalized spacial score (nSPS) is 36.6. The van der Waals surface area contributed by atoms with E-state index in [4.69, 9.17) is 39.0 Å². The molecule has 10 atom stereocenters. The summed E-state index contributed by atoms with van der Waals surface area (Å²) in [6.07, 6.45) is -5.34. The smallest absolute Gasteiger partial charge is 0.386 e. The van der Waals surface area contributed by atoms with Gasteiger partial charge in [0.2, 0.25) is 13.5 Å². The van der Waals surface area contributed by atoms with Gasteiger partial charge in [-0.2, -0.15) is 4.98 Å². The Morgan fingerprint density at radius 3 is 2.66 bits per heavy atom. The summed E-state index contributed by atoms with van der Waals surface area (Å²) in [5.41, 5.74) is 11.9. The van der Waals surface area contributed by atoms with Gasteiger partial charge in [0.1, 0.15) is 48.5 Å². The fourth-order valence-corrected chi connectivity index (χ4v) is 8.14. The molecule has 2 bridgehead atoms. The molecule has 3 fully saturated rings. The molecule has 44 heavy (non-hydrogen) atoms. The van der Waals surface area contributed by atoms with Crippen LogP contribution < -0.4 is 17.0 Å². The van der Waals surface area contributed by atoms with E-state index in [1.54, 1.807) is 0 Å². The molecule has 4 aromatic heterocycles. The lowest BCUT2D eigenvalue weighted by Crippen LogP contribution is -2.35.